The number of fused-ring (bicyclic) bond motifs is 1. The predicted octanol–water partition coefficient (Wildman–Crippen LogP) is 3.13. The van der Waals surface area contributed by atoms with E-state index in [0.717, 1.165) is 23.2 Å². The van der Waals surface area contributed by atoms with Crippen LogP contribution in [0.4, 0.5) is 11.4 Å². The Bertz CT molecular complexity index is 787. The highest BCUT2D eigenvalue weighted by Gasteiger charge is 2.33. The highest BCUT2D eigenvalue weighted by molar-refractivity contribution is 7.94. The van der Waals surface area contributed by atoms with E-state index in [0.29, 0.717) is 18.8 Å². The average molecular weight is 316 g/mol. The van der Waals surface area contributed by atoms with Gasteiger partial charge in [-0.05, 0) is 49.6 Å². The van der Waals surface area contributed by atoms with Crippen molar-refractivity contribution >= 4 is 21.6 Å². The van der Waals surface area contributed by atoms with E-state index in [1.165, 1.54) is 8.61 Å². The predicted molar refractivity (Wildman–Crippen MR) is 90.6 cm³/mol. The van der Waals surface area contributed by atoms with Gasteiger partial charge in [0.05, 0.1) is 11.4 Å². The lowest BCUT2D eigenvalue weighted by atomic mass is 10.2. The minimum absolute atomic E-state index is 0.407. The van der Waals surface area contributed by atoms with Gasteiger partial charge in [0, 0.05) is 13.1 Å². The number of anilines is 2. The van der Waals surface area contributed by atoms with Gasteiger partial charge in [-0.15, -0.1) is 0 Å². The van der Waals surface area contributed by atoms with Crippen molar-refractivity contribution in [1.29, 1.82) is 0 Å². The maximum absolute atomic E-state index is 13.1. The number of nitrogens with zero attached hydrogens (tertiary/aromatic N) is 2. The Balaban J connectivity index is 2.02. The molecule has 0 unspecified atom stereocenters. The van der Waals surface area contributed by atoms with Gasteiger partial charge in [-0.3, -0.25) is 8.61 Å². The Hall–Kier alpha value is -2.01. The first-order valence-corrected chi connectivity index (χ1v) is 8.88. The van der Waals surface area contributed by atoms with Crippen molar-refractivity contribution in [3.63, 3.8) is 0 Å². The van der Waals surface area contributed by atoms with E-state index in [2.05, 4.69) is 0 Å². The summed E-state index contributed by atoms with van der Waals surface area (Å²) in [5.74, 6) is 0. The van der Waals surface area contributed by atoms with Crippen LogP contribution in [0.3, 0.4) is 0 Å². The van der Waals surface area contributed by atoms with Crippen molar-refractivity contribution in [1.82, 2.24) is 0 Å². The summed E-state index contributed by atoms with van der Waals surface area (Å²) in [4.78, 5) is 0. The van der Waals surface area contributed by atoms with Gasteiger partial charge in [0.1, 0.15) is 0 Å². The van der Waals surface area contributed by atoms with Gasteiger partial charge in [0.15, 0.2) is 0 Å². The third-order valence-corrected chi connectivity index (χ3v) is 5.94. The molecule has 22 heavy (non-hydrogen) atoms. The molecule has 3 rings (SSSR count). The Morgan fingerprint density at radius 1 is 1.14 bits per heavy atom. The number of hydrogen-bond donors (Lipinski definition) is 0. The van der Waals surface area contributed by atoms with Crippen LogP contribution in [0.1, 0.15) is 18.1 Å². The second-order valence-electron chi connectivity index (χ2n) is 5.46. The van der Waals surface area contributed by atoms with E-state index in [1.54, 1.807) is 0 Å². The average Bonchev–Trinajstić information content (AvgIpc) is 2.92. The highest BCUT2D eigenvalue weighted by atomic mass is 32.2. The Morgan fingerprint density at radius 3 is 2.64 bits per heavy atom. The Labute approximate surface area is 132 Å². The summed E-state index contributed by atoms with van der Waals surface area (Å²) in [6, 6.07) is 15.3. The summed E-state index contributed by atoms with van der Waals surface area (Å²) in [7, 11) is -3.57. The normalized spacial score (nSPS) is 14.0. The van der Waals surface area contributed by atoms with Gasteiger partial charge in [-0.1, -0.05) is 30.3 Å². The first kappa shape index (κ1) is 14.9. The van der Waals surface area contributed by atoms with Crippen molar-refractivity contribution in [3.8, 4) is 0 Å². The Kier molecular flexibility index (Phi) is 3.83. The molecule has 0 aromatic heterocycles. The topological polar surface area (TPSA) is 40.6 Å². The second-order valence-corrected chi connectivity index (χ2v) is 7.24. The molecule has 0 N–H and O–H groups in total. The summed E-state index contributed by atoms with van der Waals surface area (Å²) in [6.07, 6.45) is 0.765. The van der Waals surface area contributed by atoms with Gasteiger partial charge in [0.25, 0.3) is 0 Å². The molecule has 0 saturated heterocycles. The first-order chi connectivity index (χ1) is 10.5. The van der Waals surface area contributed by atoms with Crippen LogP contribution in [0, 0.1) is 6.92 Å². The zero-order valence-corrected chi connectivity index (χ0v) is 13.7. The standard InChI is InChI=1S/C17H20N2O2S/c1-3-18(16-9-6-7-14(2)13-16)22(20,21)19-12-11-15-8-4-5-10-17(15)19/h4-10,13H,3,11-12H2,1-2H3. The Morgan fingerprint density at radius 2 is 1.91 bits per heavy atom. The molecule has 0 aliphatic carbocycles. The summed E-state index contributed by atoms with van der Waals surface area (Å²) in [5, 5.41) is 0. The van der Waals surface area contributed by atoms with E-state index in [9.17, 15) is 8.42 Å². The number of para-hydroxylation sites is 1. The van der Waals surface area contributed by atoms with Gasteiger partial charge in [-0.2, -0.15) is 8.42 Å². The molecule has 2 aromatic carbocycles. The molecule has 1 aliphatic rings. The molecule has 1 aliphatic heterocycles. The van der Waals surface area contributed by atoms with Crippen LogP contribution in [0.2, 0.25) is 0 Å². The lowest BCUT2D eigenvalue weighted by molar-refractivity contribution is 0.588. The van der Waals surface area contributed by atoms with Crippen molar-refractivity contribution in [2.24, 2.45) is 0 Å². The molecule has 0 atom stereocenters. The van der Waals surface area contributed by atoms with Gasteiger partial charge in [-0.25, -0.2) is 0 Å². The van der Waals surface area contributed by atoms with Crippen LogP contribution in [0.5, 0.6) is 0 Å². The second kappa shape index (κ2) is 5.65. The van der Waals surface area contributed by atoms with E-state index in [1.807, 2.05) is 62.4 Å². The molecular formula is C17H20N2O2S. The summed E-state index contributed by atoms with van der Waals surface area (Å²) in [5.41, 5.74) is 3.65. The lowest BCUT2D eigenvalue weighted by Gasteiger charge is -2.29. The minimum atomic E-state index is -3.57. The zero-order valence-electron chi connectivity index (χ0n) is 12.9. The van der Waals surface area contributed by atoms with Gasteiger partial charge in [0.2, 0.25) is 0 Å². The van der Waals surface area contributed by atoms with Crippen LogP contribution in [0.15, 0.2) is 48.5 Å². The molecule has 0 saturated carbocycles. The van der Waals surface area contributed by atoms with E-state index in [4.69, 9.17) is 0 Å². The SMILES string of the molecule is CCN(c1cccc(C)c1)S(=O)(=O)N1CCc2ccccc21. The number of hydrogen-bond acceptors (Lipinski definition) is 2. The van der Waals surface area contributed by atoms with Crippen molar-refractivity contribution < 1.29 is 8.42 Å². The van der Waals surface area contributed by atoms with Crippen molar-refractivity contribution in [3.05, 3.63) is 59.7 Å². The monoisotopic (exact) mass is 316 g/mol. The van der Waals surface area contributed by atoms with Crippen LogP contribution in [-0.4, -0.2) is 21.5 Å². The molecule has 5 heteroatoms. The van der Waals surface area contributed by atoms with Crippen LogP contribution in [0.25, 0.3) is 0 Å². The van der Waals surface area contributed by atoms with Crippen molar-refractivity contribution in [2.45, 2.75) is 20.3 Å². The summed E-state index contributed by atoms with van der Waals surface area (Å²) < 4.78 is 29.2. The van der Waals surface area contributed by atoms with Crippen LogP contribution < -0.4 is 8.61 Å². The van der Waals surface area contributed by atoms with E-state index >= 15 is 0 Å². The number of aryl methyl sites for hydroxylation is 1. The van der Waals surface area contributed by atoms with Gasteiger partial charge >= 0.3 is 10.2 Å². The molecule has 2 aromatic rings. The van der Waals surface area contributed by atoms with Crippen LogP contribution >= 0.6 is 0 Å². The molecule has 1 heterocycles. The van der Waals surface area contributed by atoms with E-state index in [-0.39, 0.29) is 0 Å². The fourth-order valence-corrected chi connectivity index (χ4v) is 4.62. The zero-order chi connectivity index (χ0) is 15.7. The molecule has 0 spiro atoms. The minimum Gasteiger partial charge on any atom is -0.254 e. The molecule has 116 valence electrons. The first-order valence-electron chi connectivity index (χ1n) is 7.49. The fraction of sp³-hybridized carbons (Fsp3) is 0.294. The third kappa shape index (κ3) is 2.46. The highest BCUT2D eigenvalue weighted by Crippen LogP contribution is 2.32. The van der Waals surface area contributed by atoms with E-state index < -0.39 is 10.2 Å². The molecule has 0 radical (unpaired) electrons. The summed E-state index contributed by atoms with van der Waals surface area (Å²) >= 11 is 0. The molecule has 4 nitrogen and oxygen atoms in total. The maximum Gasteiger partial charge on any atom is 0.326 e. The summed E-state index contributed by atoms with van der Waals surface area (Å²) in [6.45, 7) is 4.74. The number of rotatable bonds is 4. The molecule has 0 bridgehead atoms. The molecule has 0 amide bonds. The molecular weight excluding hydrogens is 296 g/mol. The maximum atomic E-state index is 13.1. The third-order valence-electron chi connectivity index (χ3n) is 3.98. The fourth-order valence-electron chi connectivity index (χ4n) is 2.93. The van der Waals surface area contributed by atoms with Crippen LogP contribution in [-0.2, 0) is 16.6 Å². The van der Waals surface area contributed by atoms with Crippen molar-refractivity contribution in [2.75, 3.05) is 21.7 Å². The number of benzene rings is 2. The van der Waals surface area contributed by atoms with Gasteiger partial charge < -0.3 is 0 Å². The quantitative estimate of drug-likeness (QED) is 0.869. The molecule has 0 fully saturated rings. The lowest BCUT2D eigenvalue weighted by Crippen LogP contribution is -2.43. The largest absolute Gasteiger partial charge is 0.326 e. The smallest absolute Gasteiger partial charge is 0.254 e.